The number of benzene rings is 2. The van der Waals surface area contributed by atoms with Crippen molar-refractivity contribution in [1.82, 2.24) is 15.1 Å². The van der Waals surface area contributed by atoms with Crippen LogP contribution in [0.5, 0.6) is 5.75 Å². The van der Waals surface area contributed by atoms with Crippen molar-refractivity contribution < 1.29 is 19.1 Å². The number of hydrogen-bond donors (Lipinski definition) is 1. The Labute approximate surface area is 194 Å². The lowest BCUT2D eigenvalue weighted by Crippen LogP contribution is -2.50. The Morgan fingerprint density at radius 2 is 1.81 bits per heavy atom. The number of halogens is 1. The van der Waals surface area contributed by atoms with Crippen LogP contribution in [0.4, 0.5) is 0 Å². The molecule has 172 valence electrons. The molecule has 8 heteroatoms. The predicted molar refractivity (Wildman–Crippen MR) is 124 cm³/mol. The van der Waals surface area contributed by atoms with E-state index in [4.69, 9.17) is 21.1 Å². The second-order valence-corrected chi connectivity index (χ2v) is 8.05. The lowest BCUT2D eigenvalue weighted by Gasteiger charge is -2.30. The summed E-state index contributed by atoms with van der Waals surface area (Å²) in [6, 6.07) is 15.9. The van der Waals surface area contributed by atoms with Gasteiger partial charge in [-0.2, -0.15) is 0 Å². The molecule has 0 saturated carbocycles. The number of amides is 2. The number of carbonyl (C=O) groups is 2. The summed E-state index contributed by atoms with van der Waals surface area (Å²) in [4.78, 5) is 29.7. The Morgan fingerprint density at radius 3 is 2.53 bits per heavy atom. The van der Waals surface area contributed by atoms with E-state index in [9.17, 15) is 9.59 Å². The largest absolute Gasteiger partial charge is 0.482 e. The Kier molecular flexibility index (Phi) is 9.34. The van der Waals surface area contributed by atoms with Gasteiger partial charge in [0.05, 0.1) is 18.2 Å². The number of nitrogens with one attached hydrogen (secondary N) is 1. The molecule has 0 spiro atoms. The molecule has 0 aromatic heterocycles. The first-order chi connectivity index (χ1) is 15.5. The van der Waals surface area contributed by atoms with Crippen LogP contribution in [0.1, 0.15) is 12.5 Å². The number of nitrogens with zero attached hydrogens (tertiary/aromatic N) is 2. The molecule has 0 bridgehead atoms. The first kappa shape index (κ1) is 24.0. The lowest BCUT2D eigenvalue weighted by molar-refractivity contribution is -0.142. The van der Waals surface area contributed by atoms with E-state index in [-0.39, 0.29) is 18.4 Å². The maximum atomic E-state index is 13.1. The molecule has 0 unspecified atom stereocenters. The molecule has 1 aliphatic rings. The first-order valence-electron chi connectivity index (χ1n) is 10.8. The van der Waals surface area contributed by atoms with E-state index in [1.54, 1.807) is 31.2 Å². The minimum Gasteiger partial charge on any atom is -0.482 e. The third kappa shape index (κ3) is 7.22. The van der Waals surface area contributed by atoms with Crippen LogP contribution in [0, 0.1) is 0 Å². The number of rotatable bonds is 10. The van der Waals surface area contributed by atoms with Crippen molar-refractivity contribution >= 4 is 23.4 Å². The van der Waals surface area contributed by atoms with Gasteiger partial charge in [-0.3, -0.25) is 14.5 Å². The highest BCUT2D eigenvalue weighted by molar-refractivity contribution is 6.32. The van der Waals surface area contributed by atoms with Crippen molar-refractivity contribution in [2.45, 2.75) is 19.5 Å². The number of morpholine rings is 1. The number of carbonyl (C=O) groups excluding carboxylic acids is 2. The Morgan fingerprint density at radius 1 is 1.12 bits per heavy atom. The average molecular weight is 460 g/mol. The third-order valence-electron chi connectivity index (χ3n) is 5.38. The van der Waals surface area contributed by atoms with Crippen LogP contribution in [0.25, 0.3) is 0 Å². The summed E-state index contributed by atoms with van der Waals surface area (Å²) in [5, 5.41) is 3.39. The average Bonchev–Trinajstić information content (AvgIpc) is 2.82. The summed E-state index contributed by atoms with van der Waals surface area (Å²) in [7, 11) is 0. The highest BCUT2D eigenvalue weighted by Crippen LogP contribution is 2.23. The van der Waals surface area contributed by atoms with Gasteiger partial charge in [0.1, 0.15) is 11.8 Å². The molecule has 1 fully saturated rings. The fourth-order valence-corrected chi connectivity index (χ4v) is 3.65. The van der Waals surface area contributed by atoms with Gasteiger partial charge in [-0.25, -0.2) is 0 Å². The smallest absolute Gasteiger partial charge is 0.261 e. The summed E-state index contributed by atoms with van der Waals surface area (Å²) in [6.45, 7) is 6.28. The minimum absolute atomic E-state index is 0.194. The SMILES string of the molecule is C[C@@H](C(=O)NCCN1CCOCC1)N(Cc1ccccc1)C(=O)COc1ccccc1Cl. The Bertz CT molecular complexity index is 875. The zero-order chi connectivity index (χ0) is 22.8. The minimum atomic E-state index is -0.651. The van der Waals surface area contributed by atoms with Gasteiger partial charge in [0.15, 0.2) is 6.61 Å². The van der Waals surface area contributed by atoms with Crippen molar-refractivity contribution in [3.05, 3.63) is 65.2 Å². The Hall–Kier alpha value is -2.61. The highest BCUT2D eigenvalue weighted by atomic mass is 35.5. The van der Waals surface area contributed by atoms with Crippen LogP contribution in [-0.4, -0.2) is 73.7 Å². The molecule has 1 saturated heterocycles. The van der Waals surface area contributed by atoms with Gasteiger partial charge in [-0.05, 0) is 24.6 Å². The van der Waals surface area contributed by atoms with E-state index in [1.807, 2.05) is 30.3 Å². The third-order valence-corrected chi connectivity index (χ3v) is 5.69. The maximum Gasteiger partial charge on any atom is 0.261 e. The molecule has 1 atom stereocenters. The monoisotopic (exact) mass is 459 g/mol. The normalized spacial score (nSPS) is 15.1. The van der Waals surface area contributed by atoms with Crippen LogP contribution in [0.15, 0.2) is 54.6 Å². The van der Waals surface area contributed by atoms with E-state index < -0.39 is 6.04 Å². The Balaban J connectivity index is 1.60. The lowest BCUT2D eigenvalue weighted by atomic mass is 10.1. The molecular formula is C24H30ClN3O4. The fourth-order valence-electron chi connectivity index (χ4n) is 3.46. The van der Waals surface area contributed by atoms with E-state index in [0.717, 1.165) is 38.4 Å². The summed E-state index contributed by atoms with van der Waals surface area (Å²) in [5.41, 5.74) is 0.937. The number of ether oxygens (including phenoxy) is 2. The summed E-state index contributed by atoms with van der Waals surface area (Å²) >= 11 is 6.13. The second kappa shape index (κ2) is 12.4. The first-order valence-corrected chi connectivity index (χ1v) is 11.2. The summed E-state index contributed by atoms with van der Waals surface area (Å²) < 4.78 is 11.0. The van der Waals surface area contributed by atoms with Crippen LogP contribution >= 0.6 is 11.6 Å². The topological polar surface area (TPSA) is 71.1 Å². The van der Waals surface area contributed by atoms with Crippen molar-refractivity contribution in [2.75, 3.05) is 46.0 Å². The van der Waals surface area contributed by atoms with Crippen molar-refractivity contribution in [2.24, 2.45) is 0 Å². The molecular weight excluding hydrogens is 430 g/mol. The van der Waals surface area contributed by atoms with E-state index in [2.05, 4.69) is 10.2 Å². The fraction of sp³-hybridized carbons (Fsp3) is 0.417. The van der Waals surface area contributed by atoms with E-state index in [0.29, 0.717) is 23.9 Å². The van der Waals surface area contributed by atoms with E-state index in [1.165, 1.54) is 4.90 Å². The number of hydrogen-bond acceptors (Lipinski definition) is 5. The van der Waals surface area contributed by atoms with Crippen LogP contribution in [0.2, 0.25) is 5.02 Å². The van der Waals surface area contributed by atoms with Gasteiger partial charge in [0.2, 0.25) is 5.91 Å². The standard InChI is InChI=1S/C24H30ClN3O4/c1-19(24(30)26-11-12-27-13-15-31-16-14-27)28(17-20-7-3-2-4-8-20)23(29)18-32-22-10-6-5-9-21(22)25/h2-10,19H,11-18H2,1H3,(H,26,30)/t19-/m0/s1. The van der Waals surface area contributed by atoms with Crippen LogP contribution < -0.4 is 10.1 Å². The highest BCUT2D eigenvalue weighted by Gasteiger charge is 2.26. The van der Waals surface area contributed by atoms with Gasteiger partial charge in [-0.15, -0.1) is 0 Å². The zero-order valence-corrected chi connectivity index (χ0v) is 19.1. The molecule has 7 nitrogen and oxygen atoms in total. The van der Waals surface area contributed by atoms with Gasteiger partial charge in [-0.1, -0.05) is 54.1 Å². The van der Waals surface area contributed by atoms with E-state index >= 15 is 0 Å². The van der Waals surface area contributed by atoms with Gasteiger partial charge >= 0.3 is 0 Å². The van der Waals surface area contributed by atoms with Crippen molar-refractivity contribution in [3.63, 3.8) is 0 Å². The number of para-hydroxylation sites is 1. The zero-order valence-electron chi connectivity index (χ0n) is 18.3. The molecule has 1 heterocycles. The molecule has 0 aliphatic carbocycles. The molecule has 3 rings (SSSR count). The van der Waals surface area contributed by atoms with Crippen LogP contribution in [0.3, 0.4) is 0 Å². The van der Waals surface area contributed by atoms with Crippen LogP contribution in [-0.2, 0) is 20.9 Å². The summed E-state index contributed by atoms with van der Waals surface area (Å²) in [6.07, 6.45) is 0. The quantitative estimate of drug-likeness (QED) is 0.591. The van der Waals surface area contributed by atoms with Gasteiger partial charge in [0, 0.05) is 32.7 Å². The second-order valence-electron chi connectivity index (χ2n) is 7.65. The molecule has 2 aromatic carbocycles. The van der Waals surface area contributed by atoms with Gasteiger partial charge < -0.3 is 19.7 Å². The molecule has 2 amide bonds. The van der Waals surface area contributed by atoms with Crippen molar-refractivity contribution in [3.8, 4) is 5.75 Å². The predicted octanol–water partition coefficient (Wildman–Crippen LogP) is 2.58. The molecule has 2 aromatic rings. The molecule has 1 N–H and O–H groups in total. The van der Waals surface area contributed by atoms with Crippen molar-refractivity contribution in [1.29, 1.82) is 0 Å². The summed E-state index contributed by atoms with van der Waals surface area (Å²) in [5.74, 6) is -0.0466. The molecule has 32 heavy (non-hydrogen) atoms. The maximum absolute atomic E-state index is 13.1. The van der Waals surface area contributed by atoms with Gasteiger partial charge in [0.25, 0.3) is 5.91 Å². The molecule has 0 radical (unpaired) electrons. The molecule has 1 aliphatic heterocycles.